The Morgan fingerprint density at radius 2 is 1.97 bits per heavy atom. The Morgan fingerprint density at radius 3 is 2.73 bits per heavy atom. The van der Waals surface area contributed by atoms with Gasteiger partial charge in [-0.1, -0.05) is 16.7 Å². The highest BCUT2D eigenvalue weighted by molar-refractivity contribution is 7.17. The first-order valence-corrected chi connectivity index (χ1v) is 10.8. The van der Waals surface area contributed by atoms with Crippen LogP contribution in [0.2, 0.25) is 5.02 Å². The molecule has 4 rings (SSSR count). The van der Waals surface area contributed by atoms with Crippen LogP contribution in [0.1, 0.15) is 21.7 Å². The van der Waals surface area contributed by atoms with E-state index in [4.69, 9.17) is 21.1 Å². The third-order valence-corrected chi connectivity index (χ3v) is 5.47. The van der Waals surface area contributed by atoms with Crippen LogP contribution < -0.4 is 14.8 Å². The highest BCUT2D eigenvalue weighted by Crippen LogP contribution is 2.34. The van der Waals surface area contributed by atoms with Crippen LogP contribution in [-0.4, -0.2) is 33.2 Å². The van der Waals surface area contributed by atoms with Gasteiger partial charge in [-0.25, -0.2) is 4.39 Å². The molecule has 0 saturated heterocycles. The van der Waals surface area contributed by atoms with E-state index in [1.807, 2.05) is 0 Å². The number of nitrogens with zero attached hydrogens (tertiary/aromatic N) is 4. The fraction of sp³-hybridized carbons (Fsp3) is 0.136. The van der Waals surface area contributed by atoms with Crippen molar-refractivity contribution >= 4 is 34.0 Å². The molecule has 8 nitrogen and oxygen atoms in total. The average Bonchev–Trinajstić information content (AvgIpc) is 3.25. The number of rotatable bonds is 7. The van der Waals surface area contributed by atoms with E-state index in [1.165, 1.54) is 37.7 Å². The molecule has 0 atom stereocenters. The highest BCUT2D eigenvalue weighted by atomic mass is 35.5. The van der Waals surface area contributed by atoms with Gasteiger partial charge >= 0.3 is 0 Å². The first kappa shape index (κ1) is 22.6. The van der Waals surface area contributed by atoms with Gasteiger partial charge in [-0.2, -0.15) is 0 Å². The fourth-order valence-corrected chi connectivity index (χ4v) is 3.67. The zero-order chi connectivity index (χ0) is 23.4. The Kier molecular flexibility index (Phi) is 6.76. The molecule has 0 fully saturated rings. The summed E-state index contributed by atoms with van der Waals surface area (Å²) in [4.78, 5) is 21.4. The third-order valence-electron chi connectivity index (χ3n) is 4.50. The minimum absolute atomic E-state index is 0.172. The molecule has 3 aromatic heterocycles. The van der Waals surface area contributed by atoms with E-state index < -0.39 is 11.7 Å². The summed E-state index contributed by atoms with van der Waals surface area (Å²) in [5, 5.41) is 11.6. The van der Waals surface area contributed by atoms with Gasteiger partial charge in [0.05, 0.1) is 23.4 Å². The molecule has 0 radical (unpaired) electrons. The molecule has 3 heterocycles. The number of aryl methyl sites for hydroxylation is 1. The van der Waals surface area contributed by atoms with E-state index in [1.54, 1.807) is 25.1 Å². The predicted octanol–water partition coefficient (Wildman–Crippen LogP) is 4.94. The van der Waals surface area contributed by atoms with Crippen molar-refractivity contribution in [3.8, 4) is 22.1 Å². The van der Waals surface area contributed by atoms with E-state index >= 15 is 0 Å². The summed E-state index contributed by atoms with van der Waals surface area (Å²) in [5.41, 5.74) is 2.47. The zero-order valence-electron chi connectivity index (χ0n) is 17.5. The molecule has 0 aliphatic carbocycles. The molecule has 0 saturated carbocycles. The quantitative estimate of drug-likeness (QED) is 0.396. The number of amides is 1. The van der Waals surface area contributed by atoms with Gasteiger partial charge in [0.15, 0.2) is 0 Å². The number of methoxy groups -OCH3 is 1. The van der Waals surface area contributed by atoms with Gasteiger partial charge in [0.2, 0.25) is 5.13 Å². The minimum Gasteiger partial charge on any atom is -0.496 e. The van der Waals surface area contributed by atoms with Crippen LogP contribution in [0.4, 0.5) is 9.52 Å². The van der Waals surface area contributed by atoms with E-state index in [9.17, 15) is 9.18 Å². The second-order valence-corrected chi connectivity index (χ2v) is 8.18. The van der Waals surface area contributed by atoms with Crippen LogP contribution in [0, 0.1) is 12.7 Å². The van der Waals surface area contributed by atoms with Crippen molar-refractivity contribution in [1.82, 2.24) is 20.2 Å². The van der Waals surface area contributed by atoms with Crippen molar-refractivity contribution in [2.45, 2.75) is 13.5 Å². The Hall–Kier alpha value is -3.63. The topological polar surface area (TPSA) is 99.1 Å². The summed E-state index contributed by atoms with van der Waals surface area (Å²) in [5.74, 6) is -0.503. The molecule has 0 aliphatic rings. The maximum Gasteiger partial charge on any atom is 0.296 e. The van der Waals surface area contributed by atoms with Crippen molar-refractivity contribution in [2.75, 3.05) is 12.4 Å². The summed E-state index contributed by atoms with van der Waals surface area (Å²) in [6.07, 6.45) is 2.95. The Morgan fingerprint density at radius 1 is 1.12 bits per heavy atom. The highest BCUT2D eigenvalue weighted by Gasteiger charge is 2.19. The van der Waals surface area contributed by atoms with Crippen LogP contribution in [0.25, 0.3) is 11.1 Å². The van der Waals surface area contributed by atoms with Crippen LogP contribution in [-0.2, 0) is 6.61 Å². The standard InChI is InChI=1S/C22H17ClFN5O3S/c1-12-7-16(17-8-14(24)4-6-19(17)31-2)18(10-25-12)20(30)27-21-28-29-22(33-21)32-11-15-5-3-13(23)9-26-15/h3-10H,11H2,1-2H3,(H,27,28,30). The molecule has 1 aromatic carbocycles. The SMILES string of the molecule is COc1ccc(F)cc1-c1cc(C)ncc1C(=O)Nc1nnc(OCc2ccc(Cl)cn2)s1. The molecule has 1 amide bonds. The number of anilines is 1. The maximum atomic E-state index is 14.0. The van der Waals surface area contributed by atoms with Gasteiger partial charge in [0.25, 0.3) is 11.1 Å². The first-order valence-electron chi connectivity index (χ1n) is 9.61. The monoisotopic (exact) mass is 485 g/mol. The first-order chi connectivity index (χ1) is 15.9. The second kappa shape index (κ2) is 9.88. The molecule has 33 heavy (non-hydrogen) atoms. The van der Waals surface area contributed by atoms with Gasteiger partial charge in [0.1, 0.15) is 18.2 Å². The lowest BCUT2D eigenvalue weighted by Gasteiger charge is -2.13. The van der Waals surface area contributed by atoms with E-state index in [0.29, 0.717) is 33.3 Å². The molecule has 11 heteroatoms. The van der Waals surface area contributed by atoms with Gasteiger partial charge in [-0.05, 0) is 54.7 Å². The maximum absolute atomic E-state index is 14.0. The molecule has 1 N–H and O–H groups in total. The number of pyridine rings is 2. The number of hydrogen-bond acceptors (Lipinski definition) is 8. The lowest BCUT2D eigenvalue weighted by atomic mass is 9.99. The van der Waals surface area contributed by atoms with Gasteiger partial charge in [-0.15, -0.1) is 5.10 Å². The molecule has 0 unspecified atom stereocenters. The number of aromatic nitrogens is 4. The summed E-state index contributed by atoms with van der Waals surface area (Å²) in [6, 6.07) is 9.25. The Bertz CT molecular complexity index is 1300. The van der Waals surface area contributed by atoms with Gasteiger partial charge in [0, 0.05) is 29.2 Å². The number of carbonyl (C=O) groups excluding carboxylic acids is 1. The predicted molar refractivity (Wildman–Crippen MR) is 122 cm³/mol. The number of nitrogens with one attached hydrogen (secondary N) is 1. The van der Waals surface area contributed by atoms with Crippen LogP contribution in [0.15, 0.2) is 48.8 Å². The van der Waals surface area contributed by atoms with Crippen molar-refractivity contribution in [3.05, 3.63) is 76.6 Å². The smallest absolute Gasteiger partial charge is 0.296 e. The zero-order valence-corrected chi connectivity index (χ0v) is 19.1. The molecule has 4 aromatic rings. The molecule has 0 spiro atoms. The third kappa shape index (κ3) is 5.41. The van der Waals surface area contributed by atoms with E-state index in [0.717, 1.165) is 11.3 Å². The summed E-state index contributed by atoms with van der Waals surface area (Å²) < 4.78 is 24.9. The summed E-state index contributed by atoms with van der Waals surface area (Å²) in [7, 11) is 1.48. The lowest BCUT2D eigenvalue weighted by molar-refractivity contribution is 0.102. The van der Waals surface area contributed by atoms with Gasteiger partial charge in [-0.3, -0.25) is 20.1 Å². The van der Waals surface area contributed by atoms with Crippen LogP contribution in [0.3, 0.4) is 0 Å². The van der Waals surface area contributed by atoms with Crippen molar-refractivity contribution in [1.29, 1.82) is 0 Å². The average molecular weight is 486 g/mol. The summed E-state index contributed by atoms with van der Waals surface area (Å²) >= 11 is 6.88. The molecule has 0 bridgehead atoms. The van der Waals surface area contributed by atoms with Crippen molar-refractivity contribution < 1.29 is 18.7 Å². The second-order valence-electron chi connectivity index (χ2n) is 6.80. The molecular weight excluding hydrogens is 469 g/mol. The van der Waals surface area contributed by atoms with Crippen LogP contribution in [0.5, 0.6) is 10.9 Å². The van der Waals surface area contributed by atoms with Crippen molar-refractivity contribution in [3.63, 3.8) is 0 Å². The Labute approximate surface area is 197 Å². The number of halogens is 2. The van der Waals surface area contributed by atoms with Crippen LogP contribution >= 0.6 is 22.9 Å². The van der Waals surface area contributed by atoms with Crippen molar-refractivity contribution in [2.24, 2.45) is 0 Å². The Balaban J connectivity index is 1.53. The largest absolute Gasteiger partial charge is 0.496 e. The number of ether oxygens (including phenoxy) is 2. The number of benzene rings is 1. The molecular formula is C22H17ClFN5O3S. The number of hydrogen-bond donors (Lipinski definition) is 1. The summed E-state index contributed by atoms with van der Waals surface area (Å²) in [6.45, 7) is 1.95. The number of carbonyl (C=O) groups is 1. The lowest BCUT2D eigenvalue weighted by Crippen LogP contribution is -2.14. The fourth-order valence-electron chi connectivity index (χ4n) is 2.96. The normalized spacial score (nSPS) is 10.7. The van der Waals surface area contributed by atoms with Gasteiger partial charge < -0.3 is 9.47 Å². The van der Waals surface area contributed by atoms with E-state index in [2.05, 4.69) is 25.5 Å². The minimum atomic E-state index is -0.481. The molecule has 168 valence electrons. The van der Waals surface area contributed by atoms with E-state index in [-0.39, 0.29) is 22.5 Å². The molecule has 0 aliphatic heterocycles.